The molecule has 1 aromatic carbocycles. The molecule has 3 N–H and O–H groups in total. The Hall–Kier alpha value is -2.82. The topological polar surface area (TPSA) is 118 Å². The second kappa shape index (κ2) is 6.52. The Kier molecular flexibility index (Phi) is 4.69. The number of alkyl halides is 3. The second-order valence-corrected chi connectivity index (χ2v) is 4.20. The molecule has 11 heteroatoms. The predicted octanol–water partition coefficient (Wildman–Crippen LogP) is 1.94. The van der Waals surface area contributed by atoms with E-state index in [0.29, 0.717) is 5.56 Å². The molecule has 0 radical (unpaired) electrons. The summed E-state index contributed by atoms with van der Waals surface area (Å²) in [5.41, 5.74) is 0.297. The van der Waals surface area contributed by atoms with Crippen LogP contribution in [0.2, 0.25) is 0 Å². The van der Waals surface area contributed by atoms with Crippen LogP contribution in [0.5, 0.6) is 5.75 Å². The van der Waals surface area contributed by atoms with Crippen LogP contribution in [0.15, 0.2) is 28.7 Å². The van der Waals surface area contributed by atoms with Gasteiger partial charge in [-0.25, -0.2) is 4.79 Å². The van der Waals surface area contributed by atoms with Gasteiger partial charge in [0.25, 0.3) is 0 Å². The van der Waals surface area contributed by atoms with E-state index in [9.17, 15) is 18.0 Å². The molecule has 0 aliphatic carbocycles. The quantitative estimate of drug-likeness (QED) is 0.765. The highest BCUT2D eigenvalue weighted by atomic mass is 19.4. The summed E-state index contributed by atoms with van der Waals surface area (Å²) in [7, 11) is 0. The van der Waals surface area contributed by atoms with Gasteiger partial charge in [0.1, 0.15) is 11.8 Å². The van der Waals surface area contributed by atoms with E-state index in [1.807, 2.05) is 5.32 Å². The molecule has 0 bridgehead atoms. The average Bonchev–Trinajstić information content (AvgIpc) is 2.93. The van der Waals surface area contributed by atoms with Crippen molar-refractivity contribution in [1.29, 1.82) is 0 Å². The largest absolute Gasteiger partial charge is 0.573 e. The first-order chi connectivity index (χ1) is 10.8. The summed E-state index contributed by atoms with van der Waals surface area (Å²) >= 11 is 0. The zero-order valence-corrected chi connectivity index (χ0v) is 11.2. The molecule has 0 fully saturated rings. The molecule has 2 rings (SSSR count). The van der Waals surface area contributed by atoms with Gasteiger partial charge in [0.2, 0.25) is 11.8 Å². The van der Waals surface area contributed by atoms with Crippen LogP contribution in [0, 0.1) is 0 Å². The van der Waals surface area contributed by atoms with Crippen molar-refractivity contribution in [2.45, 2.75) is 12.4 Å². The number of aromatic nitrogens is 2. The predicted molar refractivity (Wildman–Crippen MR) is 67.4 cm³/mol. The van der Waals surface area contributed by atoms with Crippen molar-refractivity contribution in [3.8, 4) is 17.2 Å². The lowest BCUT2D eigenvalue weighted by molar-refractivity contribution is -0.274. The van der Waals surface area contributed by atoms with Crippen LogP contribution in [0.4, 0.5) is 18.0 Å². The minimum absolute atomic E-state index is 0.0517. The SMILES string of the molecule is O=C(O)NC(CO)c1nnc(-c2ccc(OC(F)(F)F)cc2)o1. The fourth-order valence-electron chi connectivity index (χ4n) is 1.63. The summed E-state index contributed by atoms with van der Waals surface area (Å²) in [5, 5.41) is 26.9. The monoisotopic (exact) mass is 333 g/mol. The molecule has 0 saturated carbocycles. The van der Waals surface area contributed by atoms with Crippen LogP contribution in [-0.4, -0.2) is 39.5 Å². The van der Waals surface area contributed by atoms with Crippen molar-refractivity contribution in [2.75, 3.05) is 6.61 Å². The minimum Gasteiger partial charge on any atom is -0.465 e. The van der Waals surface area contributed by atoms with Gasteiger partial charge in [-0.1, -0.05) is 0 Å². The zero-order valence-electron chi connectivity index (χ0n) is 11.2. The van der Waals surface area contributed by atoms with Gasteiger partial charge in [-0.05, 0) is 24.3 Å². The van der Waals surface area contributed by atoms with Crippen molar-refractivity contribution in [3.05, 3.63) is 30.2 Å². The second-order valence-electron chi connectivity index (χ2n) is 4.20. The number of carboxylic acid groups (broad SMARTS) is 1. The number of nitrogens with zero attached hydrogens (tertiary/aromatic N) is 2. The summed E-state index contributed by atoms with van der Waals surface area (Å²) in [5.74, 6) is -0.647. The molecule has 1 unspecified atom stereocenters. The standard InChI is InChI=1S/C12H10F3N3O5/c13-12(14,15)23-7-3-1-6(2-4-7)9-17-18-10(22-9)8(5-19)16-11(20)21/h1-4,8,16,19H,5H2,(H,20,21). The third-order valence-electron chi connectivity index (χ3n) is 2.55. The maximum absolute atomic E-state index is 12.1. The molecule has 1 aromatic heterocycles. The van der Waals surface area contributed by atoms with Crippen molar-refractivity contribution in [3.63, 3.8) is 0 Å². The lowest BCUT2D eigenvalue weighted by Crippen LogP contribution is -2.29. The van der Waals surface area contributed by atoms with E-state index in [2.05, 4.69) is 14.9 Å². The number of benzene rings is 1. The Balaban J connectivity index is 2.15. The number of hydrogen-bond acceptors (Lipinski definition) is 6. The summed E-state index contributed by atoms with van der Waals surface area (Å²) < 4.78 is 45.1. The third-order valence-corrected chi connectivity index (χ3v) is 2.55. The summed E-state index contributed by atoms with van der Waals surface area (Å²) in [4.78, 5) is 10.6. The molecule has 8 nitrogen and oxygen atoms in total. The minimum atomic E-state index is -4.80. The van der Waals surface area contributed by atoms with E-state index >= 15 is 0 Å². The Bertz CT molecular complexity index is 671. The molecular weight excluding hydrogens is 323 g/mol. The summed E-state index contributed by atoms with van der Waals surface area (Å²) in [6, 6.07) is 3.53. The number of halogens is 3. The van der Waals surface area contributed by atoms with Gasteiger partial charge in [-0.15, -0.1) is 23.4 Å². The van der Waals surface area contributed by atoms with E-state index in [1.165, 1.54) is 12.1 Å². The maximum Gasteiger partial charge on any atom is 0.573 e. The van der Waals surface area contributed by atoms with Gasteiger partial charge in [-0.3, -0.25) is 0 Å². The molecule has 1 amide bonds. The van der Waals surface area contributed by atoms with Gasteiger partial charge < -0.3 is 24.7 Å². The van der Waals surface area contributed by atoms with Gasteiger partial charge in [0, 0.05) is 5.56 Å². The molecule has 124 valence electrons. The van der Waals surface area contributed by atoms with Crippen molar-refractivity contribution in [1.82, 2.24) is 15.5 Å². The number of carbonyl (C=O) groups is 1. The average molecular weight is 333 g/mol. The highest BCUT2D eigenvalue weighted by Crippen LogP contribution is 2.26. The van der Waals surface area contributed by atoms with Crippen LogP contribution in [0.1, 0.15) is 11.9 Å². The van der Waals surface area contributed by atoms with Crippen LogP contribution in [0.3, 0.4) is 0 Å². The summed E-state index contributed by atoms with van der Waals surface area (Å²) in [6.45, 7) is -0.605. The van der Waals surface area contributed by atoms with E-state index < -0.39 is 30.9 Å². The van der Waals surface area contributed by atoms with Crippen LogP contribution >= 0.6 is 0 Å². The zero-order chi connectivity index (χ0) is 17.0. The Morgan fingerprint density at radius 1 is 1.30 bits per heavy atom. The molecule has 1 heterocycles. The number of amides is 1. The van der Waals surface area contributed by atoms with E-state index in [-0.39, 0.29) is 11.8 Å². The summed E-state index contributed by atoms with van der Waals surface area (Å²) in [6.07, 6.45) is -6.19. The highest BCUT2D eigenvalue weighted by Gasteiger charge is 2.31. The van der Waals surface area contributed by atoms with Crippen LogP contribution < -0.4 is 10.1 Å². The number of rotatable bonds is 5. The van der Waals surface area contributed by atoms with Crippen molar-refractivity contribution >= 4 is 6.09 Å². The molecule has 0 aliphatic rings. The fourth-order valence-corrected chi connectivity index (χ4v) is 1.63. The number of aliphatic hydroxyl groups is 1. The van der Waals surface area contributed by atoms with Crippen LogP contribution in [0.25, 0.3) is 11.5 Å². The molecule has 23 heavy (non-hydrogen) atoms. The first-order valence-corrected chi connectivity index (χ1v) is 6.08. The third kappa shape index (κ3) is 4.57. The fraction of sp³-hybridized carbons (Fsp3) is 0.250. The lowest BCUT2D eigenvalue weighted by atomic mass is 10.2. The normalized spacial score (nSPS) is 12.7. The maximum atomic E-state index is 12.1. The Morgan fingerprint density at radius 2 is 1.96 bits per heavy atom. The van der Waals surface area contributed by atoms with E-state index in [1.54, 1.807) is 0 Å². The highest BCUT2D eigenvalue weighted by molar-refractivity contribution is 5.65. The van der Waals surface area contributed by atoms with Gasteiger partial charge in [0.15, 0.2) is 0 Å². The number of nitrogens with one attached hydrogen (secondary N) is 1. The molecule has 0 saturated heterocycles. The van der Waals surface area contributed by atoms with Crippen molar-refractivity contribution in [2.24, 2.45) is 0 Å². The number of aliphatic hydroxyl groups excluding tert-OH is 1. The Labute approximate surface area is 126 Å². The Morgan fingerprint density at radius 3 is 2.48 bits per heavy atom. The van der Waals surface area contributed by atoms with E-state index in [0.717, 1.165) is 12.1 Å². The number of ether oxygens (including phenoxy) is 1. The first kappa shape index (κ1) is 16.5. The first-order valence-electron chi connectivity index (χ1n) is 6.08. The van der Waals surface area contributed by atoms with Gasteiger partial charge in [-0.2, -0.15) is 0 Å². The van der Waals surface area contributed by atoms with Gasteiger partial charge >= 0.3 is 12.5 Å². The lowest BCUT2D eigenvalue weighted by Gasteiger charge is -2.09. The molecular formula is C12H10F3N3O5. The number of hydrogen-bond donors (Lipinski definition) is 3. The van der Waals surface area contributed by atoms with Gasteiger partial charge in [0.05, 0.1) is 6.61 Å². The van der Waals surface area contributed by atoms with Crippen molar-refractivity contribution < 1.29 is 37.3 Å². The smallest absolute Gasteiger partial charge is 0.465 e. The molecule has 2 aromatic rings. The molecule has 0 aliphatic heterocycles. The van der Waals surface area contributed by atoms with E-state index in [4.69, 9.17) is 14.6 Å². The molecule has 1 atom stereocenters. The molecule has 0 spiro atoms. The van der Waals surface area contributed by atoms with Crippen LogP contribution in [-0.2, 0) is 0 Å².